The average molecular weight is 242 g/mol. The molecule has 0 radical (unpaired) electrons. The molecule has 2 unspecified atom stereocenters. The maximum atomic E-state index is 8.94. The molecule has 2 aliphatic heterocycles. The molecular formula is C14H18N4. The molecule has 2 aliphatic rings. The number of hydrogen-bond donors (Lipinski definition) is 2. The molecule has 3 N–H and O–H groups in total. The summed E-state index contributed by atoms with van der Waals surface area (Å²) in [5.74, 6) is 0. The van der Waals surface area contributed by atoms with E-state index in [-0.39, 0.29) is 0 Å². The number of fused-ring (bicyclic) bond motifs is 1. The summed E-state index contributed by atoms with van der Waals surface area (Å²) < 4.78 is 0. The van der Waals surface area contributed by atoms with Gasteiger partial charge in [0.15, 0.2) is 0 Å². The van der Waals surface area contributed by atoms with Gasteiger partial charge in [0.1, 0.15) is 0 Å². The quantitative estimate of drug-likeness (QED) is 0.776. The largest absolute Gasteiger partial charge is 0.397 e. The molecule has 2 atom stereocenters. The molecule has 4 nitrogen and oxygen atoms in total. The molecule has 18 heavy (non-hydrogen) atoms. The number of nitrogens with two attached hydrogens (primary N) is 1. The highest BCUT2D eigenvalue weighted by atomic mass is 15.2. The van der Waals surface area contributed by atoms with Gasteiger partial charge < -0.3 is 11.1 Å². The van der Waals surface area contributed by atoms with Gasteiger partial charge in [-0.2, -0.15) is 5.26 Å². The maximum Gasteiger partial charge on any atom is 0.0992 e. The number of nitrogens with one attached hydrogen (secondary N) is 1. The van der Waals surface area contributed by atoms with E-state index in [9.17, 15) is 0 Å². The highest BCUT2D eigenvalue weighted by Crippen LogP contribution is 2.31. The van der Waals surface area contributed by atoms with Crippen molar-refractivity contribution in [1.82, 2.24) is 4.90 Å². The third-order valence-corrected chi connectivity index (χ3v) is 4.13. The van der Waals surface area contributed by atoms with Crippen LogP contribution in [0.2, 0.25) is 0 Å². The smallest absolute Gasteiger partial charge is 0.0992 e. The average Bonchev–Trinajstić information content (AvgIpc) is 2.96. The first-order chi connectivity index (χ1) is 8.78. The Morgan fingerprint density at radius 2 is 2.22 bits per heavy atom. The van der Waals surface area contributed by atoms with Crippen LogP contribution in [0.3, 0.4) is 0 Å². The van der Waals surface area contributed by atoms with Crippen molar-refractivity contribution < 1.29 is 0 Å². The van der Waals surface area contributed by atoms with E-state index in [1.807, 2.05) is 12.1 Å². The predicted octanol–water partition coefficient (Wildman–Crippen LogP) is 1.79. The molecule has 2 fully saturated rings. The van der Waals surface area contributed by atoms with Crippen molar-refractivity contribution in [3.8, 4) is 6.07 Å². The lowest BCUT2D eigenvalue weighted by atomic mass is 10.1. The van der Waals surface area contributed by atoms with E-state index in [2.05, 4.69) is 16.3 Å². The zero-order chi connectivity index (χ0) is 12.5. The molecule has 0 saturated carbocycles. The number of nitrogens with zero attached hydrogens (tertiary/aromatic N) is 2. The Bertz CT molecular complexity index is 491. The lowest BCUT2D eigenvalue weighted by Crippen LogP contribution is -2.33. The Kier molecular flexibility index (Phi) is 2.85. The topological polar surface area (TPSA) is 65.1 Å². The second-order valence-electron chi connectivity index (χ2n) is 5.20. The van der Waals surface area contributed by atoms with Gasteiger partial charge in [0, 0.05) is 18.6 Å². The summed E-state index contributed by atoms with van der Waals surface area (Å²) in [5.41, 5.74) is 8.27. The van der Waals surface area contributed by atoms with Crippen molar-refractivity contribution in [3.63, 3.8) is 0 Å². The molecule has 0 amide bonds. The number of hydrogen-bond acceptors (Lipinski definition) is 4. The van der Waals surface area contributed by atoms with Gasteiger partial charge in [-0.15, -0.1) is 0 Å². The fourth-order valence-electron chi connectivity index (χ4n) is 3.20. The summed E-state index contributed by atoms with van der Waals surface area (Å²) in [5, 5.41) is 12.5. The van der Waals surface area contributed by atoms with Crippen LogP contribution in [0.5, 0.6) is 0 Å². The van der Waals surface area contributed by atoms with E-state index in [4.69, 9.17) is 11.0 Å². The van der Waals surface area contributed by atoms with Crippen molar-refractivity contribution in [3.05, 3.63) is 23.8 Å². The Morgan fingerprint density at radius 1 is 1.33 bits per heavy atom. The summed E-state index contributed by atoms with van der Waals surface area (Å²) in [4.78, 5) is 2.56. The minimum Gasteiger partial charge on any atom is -0.397 e. The molecule has 3 rings (SSSR count). The van der Waals surface area contributed by atoms with Crippen molar-refractivity contribution in [2.24, 2.45) is 0 Å². The van der Waals surface area contributed by atoms with Crippen molar-refractivity contribution in [1.29, 1.82) is 5.26 Å². The molecule has 4 heteroatoms. The van der Waals surface area contributed by atoms with E-state index in [1.54, 1.807) is 6.07 Å². The number of benzene rings is 1. The molecule has 2 saturated heterocycles. The van der Waals surface area contributed by atoms with Crippen LogP contribution in [0.1, 0.15) is 24.8 Å². The molecule has 1 aromatic rings. The van der Waals surface area contributed by atoms with Gasteiger partial charge in [0.2, 0.25) is 0 Å². The van der Waals surface area contributed by atoms with Gasteiger partial charge in [0.25, 0.3) is 0 Å². The van der Waals surface area contributed by atoms with Crippen LogP contribution in [-0.2, 0) is 0 Å². The number of anilines is 2. The fourth-order valence-corrected chi connectivity index (χ4v) is 3.20. The Hall–Kier alpha value is -1.73. The van der Waals surface area contributed by atoms with Crippen molar-refractivity contribution >= 4 is 11.4 Å². The molecule has 0 aromatic heterocycles. The third kappa shape index (κ3) is 1.91. The zero-order valence-electron chi connectivity index (χ0n) is 10.4. The summed E-state index contributed by atoms with van der Waals surface area (Å²) in [6, 6.07) is 8.71. The maximum absolute atomic E-state index is 8.94. The minimum absolute atomic E-state index is 0.476. The predicted molar refractivity (Wildman–Crippen MR) is 72.2 cm³/mol. The molecule has 0 bridgehead atoms. The lowest BCUT2D eigenvalue weighted by Gasteiger charge is -2.23. The molecule has 94 valence electrons. The van der Waals surface area contributed by atoms with Crippen LogP contribution in [0.4, 0.5) is 11.4 Å². The Labute approximate surface area is 107 Å². The second kappa shape index (κ2) is 4.51. The molecule has 0 aliphatic carbocycles. The van der Waals surface area contributed by atoms with E-state index >= 15 is 0 Å². The normalized spacial score (nSPS) is 26.8. The summed E-state index contributed by atoms with van der Waals surface area (Å²) >= 11 is 0. The van der Waals surface area contributed by atoms with Crippen LogP contribution in [0.25, 0.3) is 0 Å². The van der Waals surface area contributed by atoms with E-state index in [0.29, 0.717) is 17.6 Å². The van der Waals surface area contributed by atoms with Gasteiger partial charge in [-0.05, 0) is 44.0 Å². The van der Waals surface area contributed by atoms with Gasteiger partial charge in [0.05, 0.1) is 23.0 Å². The Morgan fingerprint density at radius 3 is 3.06 bits per heavy atom. The standard InChI is InChI=1S/C14H18N4/c15-9-10-3-4-11(16)13(8-10)17-12-5-7-18-6-1-2-14(12)18/h3-4,8,12,14,17H,1-2,5-7,16H2. The van der Waals surface area contributed by atoms with Crippen LogP contribution in [-0.4, -0.2) is 30.1 Å². The highest BCUT2D eigenvalue weighted by Gasteiger charge is 2.37. The molecule has 0 spiro atoms. The Balaban J connectivity index is 1.78. The number of nitriles is 1. The monoisotopic (exact) mass is 242 g/mol. The third-order valence-electron chi connectivity index (χ3n) is 4.13. The van der Waals surface area contributed by atoms with Gasteiger partial charge in [-0.3, -0.25) is 4.90 Å². The van der Waals surface area contributed by atoms with Gasteiger partial charge in [-0.25, -0.2) is 0 Å². The van der Waals surface area contributed by atoms with Crippen molar-refractivity contribution in [2.45, 2.75) is 31.3 Å². The number of nitrogen functional groups attached to an aromatic ring is 1. The first kappa shape index (κ1) is 11.4. The second-order valence-corrected chi connectivity index (χ2v) is 5.20. The van der Waals surface area contributed by atoms with Crippen molar-refractivity contribution in [2.75, 3.05) is 24.1 Å². The van der Waals surface area contributed by atoms with Crippen LogP contribution in [0, 0.1) is 11.3 Å². The first-order valence-electron chi connectivity index (χ1n) is 6.58. The van der Waals surface area contributed by atoms with E-state index in [1.165, 1.54) is 32.4 Å². The summed E-state index contributed by atoms with van der Waals surface area (Å²) in [7, 11) is 0. The summed E-state index contributed by atoms with van der Waals surface area (Å²) in [6.07, 6.45) is 3.74. The number of rotatable bonds is 2. The summed E-state index contributed by atoms with van der Waals surface area (Å²) in [6.45, 7) is 2.41. The fraction of sp³-hybridized carbons (Fsp3) is 0.500. The lowest BCUT2D eigenvalue weighted by molar-refractivity contribution is 0.318. The molecule has 2 heterocycles. The SMILES string of the molecule is N#Cc1ccc(N)c(NC2CCN3CCCC23)c1. The minimum atomic E-state index is 0.476. The zero-order valence-corrected chi connectivity index (χ0v) is 10.4. The van der Waals surface area contributed by atoms with Crippen LogP contribution in [0.15, 0.2) is 18.2 Å². The van der Waals surface area contributed by atoms with Gasteiger partial charge >= 0.3 is 0 Å². The van der Waals surface area contributed by atoms with Crippen LogP contribution >= 0.6 is 0 Å². The van der Waals surface area contributed by atoms with Gasteiger partial charge in [-0.1, -0.05) is 0 Å². The van der Waals surface area contributed by atoms with Crippen LogP contribution < -0.4 is 11.1 Å². The van der Waals surface area contributed by atoms with E-state index in [0.717, 1.165) is 11.4 Å². The highest BCUT2D eigenvalue weighted by molar-refractivity contribution is 5.68. The molecular weight excluding hydrogens is 224 g/mol. The molecule has 1 aromatic carbocycles. The van der Waals surface area contributed by atoms with E-state index < -0.39 is 0 Å². The first-order valence-corrected chi connectivity index (χ1v) is 6.58.